The lowest BCUT2D eigenvalue weighted by Gasteiger charge is -2.18. The van der Waals surface area contributed by atoms with Crippen molar-refractivity contribution in [3.8, 4) is 5.69 Å². The average molecular weight is 313 g/mol. The minimum atomic E-state index is -0.464. The van der Waals surface area contributed by atoms with Crippen LogP contribution in [0.25, 0.3) is 5.69 Å². The molecule has 0 aliphatic carbocycles. The summed E-state index contributed by atoms with van der Waals surface area (Å²) >= 11 is 5.75. The molecule has 0 spiro atoms. The van der Waals surface area contributed by atoms with Gasteiger partial charge in [0.05, 0.1) is 22.6 Å². The zero-order valence-corrected chi connectivity index (χ0v) is 12.7. The summed E-state index contributed by atoms with van der Waals surface area (Å²) in [6.07, 6.45) is 1.76. The maximum Gasteiger partial charge on any atom is 0.141 e. The molecule has 0 bridgehead atoms. The second kappa shape index (κ2) is 6.98. The van der Waals surface area contributed by atoms with Gasteiger partial charge in [0.1, 0.15) is 5.82 Å². The van der Waals surface area contributed by atoms with E-state index < -0.39 is 5.82 Å². The third-order valence-electron chi connectivity index (χ3n) is 3.46. The van der Waals surface area contributed by atoms with E-state index in [0.717, 1.165) is 5.69 Å². The van der Waals surface area contributed by atoms with Gasteiger partial charge in [-0.25, -0.2) is 9.07 Å². The number of halogens is 2. The molecular weight excluding hydrogens is 295 g/mol. The zero-order chi connectivity index (χ0) is 15.4. The molecule has 1 aromatic carbocycles. The third kappa shape index (κ3) is 4.00. The highest BCUT2D eigenvalue weighted by Gasteiger charge is 2.11. The molecule has 1 aromatic heterocycles. The smallest absolute Gasteiger partial charge is 0.141 e. The molecule has 0 saturated carbocycles. The van der Waals surface area contributed by atoms with Crippen LogP contribution < -0.4 is 5.32 Å². The quantitative estimate of drug-likeness (QED) is 0.858. The average Bonchev–Trinajstić information content (AvgIpc) is 2.95. The molecule has 0 radical (unpaired) electrons. The molecule has 2 rings (SSSR count). The Balaban J connectivity index is 2.02. The van der Waals surface area contributed by atoms with Crippen LogP contribution in [0.4, 0.5) is 4.39 Å². The normalized spacial score (nSPS) is 14.1. The summed E-state index contributed by atoms with van der Waals surface area (Å²) in [5, 5.41) is 20.5. The van der Waals surface area contributed by atoms with E-state index in [1.165, 1.54) is 12.1 Å². The van der Waals surface area contributed by atoms with E-state index in [1.807, 2.05) is 13.8 Å². The summed E-state index contributed by atoms with van der Waals surface area (Å²) in [4.78, 5) is 0. The monoisotopic (exact) mass is 312 g/mol. The molecule has 1 heterocycles. The molecule has 7 heteroatoms. The molecule has 0 saturated heterocycles. The highest BCUT2D eigenvalue weighted by molar-refractivity contribution is 6.30. The Kier molecular flexibility index (Phi) is 5.27. The maximum absolute atomic E-state index is 13.1. The number of hydrogen-bond donors (Lipinski definition) is 2. The van der Waals surface area contributed by atoms with Crippen LogP contribution in [0.15, 0.2) is 24.4 Å². The first-order valence-electron chi connectivity index (χ1n) is 6.72. The number of nitrogens with zero attached hydrogens (tertiary/aromatic N) is 3. The molecule has 2 N–H and O–H groups in total. The highest BCUT2D eigenvalue weighted by atomic mass is 35.5. The van der Waals surface area contributed by atoms with Gasteiger partial charge in [0, 0.05) is 19.2 Å². The summed E-state index contributed by atoms with van der Waals surface area (Å²) in [7, 11) is 0. The van der Waals surface area contributed by atoms with Gasteiger partial charge >= 0.3 is 0 Å². The number of aliphatic hydroxyl groups is 1. The summed E-state index contributed by atoms with van der Waals surface area (Å²) in [6.45, 7) is 4.65. The van der Waals surface area contributed by atoms with Crippen molar-refractivity contribution >= 4 is 11.6 Å². The largest absolute Gasteiger partial charge is 0.396 e. The number of hydrogen-bond acceptors (Lipinski definition) is 4. The van der Waals surface area contributed by atoms with Crippen LogP contribution in [0.1, 0.15) is 19.5 Å². The van der Waals surface area contributed by atoms with Crippen molar-refractivity contribution in [2.24, 2.45) is 5.92 Å². The number of benzene rings is 1. The van der Waals surface area contributed by atoms with E-state index >= 15 is 0 Å². The van der Waals surface area contributed by atoms with E-state index in [4.69, 9.17) is 16.7 Å². The van der Waals surface area contributed by atoms with Gasteiger partial charge in [-0.2, -0.15) is 0 Å². The fourth-order valence-corrected chi connectivity index (χ4v) is 1.93. The van der Waals surface area contributed by atoms with Crippen LogP contribution in [0.2, 0.25) is 5.02 Å². The lowest BCUT2D eigenvalue weighted by atomic mass is 10.1. The van der Waals surface area contributed by atoms with Crippen LogP contribution in [-0.2, 0) is 6.54 Å². The first-order valence-corrected chi connectivity index (χ1v) is 7.10. The second-order valence-corrected chi connectivity index (χ2v) is 5.49. The molecule has 114 valence electrons. The topological polar surface area (TPSA) is 63.0 Å². The SMILES string of the molecule is C[C@H](CO)[C@H](C)NCc1cn(-c2ccc(F)c(Cl)c2)nn1. The molecule has 2 atom stereocenters. The fourth-order valence-electron chi connectivity index (χ4n) is 1.76. The standard InChI is InChI=1S/C14H18ClFN4O/c1-9(8-21)10(2)17-6-11-7-20(19-18-11)12-3-4-14(16)13(15)5-12/h3-5,7,9-10,17,21H,6,8H2,1-2H3/t9-,10+/m1/s1. The van der Waals surface area contributed by atoms with Crippen LogP contribution in [0, 0.1) is 11.7 Å². The van der Waals surface area contributed by atoms with Crippen molar-refractivity contribution in [2.75, 3.05) is 6.61 Å². The second-order valence-electron chi connectivity index (χ2n) is 5.08. The molecular formula is C14H18ClFN4O. The van der Waals surface area contributed by atoms with E-state index in [0.29, 0.717) is 12.2 Å². The first-order chi connectivity index (χ1) is 10.0. The van der Waals surface area contributed by atoms with E-state index in [2.05, 4.69) is 15.6 Å². The predicted octanol–water partition coefficient (Wildman–Crippen LogP) is 2.17. The van der Waals surface area contributed by atoms with Gasteiger partial charge in [-0.3, -0.25) is 0 Å². The lowest BCUT2D eigenvalue weighted by molar-refractivity contribution is 0.207. The van der Waals surface area contributed by atoms with Gasteiger partial charge < -0.3 is 10.4 Å². The van der Waals surface area contributed by atoms with Crippen molar-refractivity contribution in [1.82, 2.24) is 20.3 Å². The van der Waals surface area contributed by atoms with E-state index in [9.17, 15) is 4.39 Å². The Hall–Kier alpha value is -1.50. The number of rotatable bonds is 6. The van der Waals surface area contributed by atoms with Crippen molar-refractivity contribution in [1.29, 1.82) is 0 Å². The van der Waals surface area contributed by atoms with Gasteiger partial charge in [0.2, 0.25) is 0 Å². The summed E-state index contributed by atoms with van der Waals surface area (Å²) < 4.78 is 14.7. The van der Waals surface area contributed by atoms with Crippen molar-refractivity contribution in [2.45, 2.75) is 26.4 Å². The van der Waals surface area contributed by atoms with Gasteiger partial charge in [0.15, 0.2) is 0 Å². The Morgan fingerprint density at radius 2 is 2.19 bits per heavy atom. The molecule has 21 heavy (non-hydrogen) atoms. The van der Waals surface area contributed by atoms with Gasteiger partial charge in [-0.1, -0.05) is 23.7 Å². The Morgan fingerprint density at radius 3 is 2.86 bits per heavy atom. The minimum absolute atomic E-state index is 0.0491. The van der Waals surface area contributed by atoms with Gasteiger partial charge in [0.25, 0.3) is 0 Å². The van der Waals surface area contributed by atoms with Crippen LogP contribution in [0.3, 0.4) is 0 Å². The molecule has 0 aliphatic heterocycles. The highest BCUT2D eigenvalue weighted by Crippen LogP contribution is 2.18. The molecule has 0 amide bonds. The zero-order valence-electron chi connectivity index (χ0n) is 11.9. The summed E-state index contributed by atoms with van der Waals surface area (Å²) in [5.74, 6) is -0.301. The molecule has 5 nitrogen and oxygen atoms in total. The van der Waals surface area contributed by atoms with Crippen molar-refractivity contribution in [3.63, 3.8) is 0 Å². The van der Waals surface area contributed by atoms with Crippen molar-refractivity contribution < 1.29 is 9.50 Å². The third-order valence-corrected chi connectivity index (χ3v) is 3.74. The van der Waals surface area contributed by atoms with Gasteiger partial charge in [-0.15, -0.1) is 5.10 Å². The molecule has 0 fully saturated rings. The van der Waals surface area contributed by atoms with Crippen LogP contribution >= 0.6 is 11.6 Å². The maximum atomic E-state index is 13.1. The molecule has 0 unspecified atom stereocenters. The van der Waals surface area contributed by atoms with Gasteiger partial charge in [-0.05, 0) is 31.0 Å². The van der Waals surface area contributed by atoms with Crippen LogP contribution in [-0.4, -0.2) is 32.7 Å². The molecule has 2 aromatic rings. The summed E-state index contributed by atoms with van der Waals surface area (Å²) in [5.41, 5.74) is 1.41. The number of aliphatic hydroxyl groups excluding tert-OH is 1. The molecule has 0 aliphatic rings. The Labute approximate surface area is 127 Å². The lowest BCUT2D eigenvalue weighted by Crippen LogP contribution is -2.33. The first kappa shape index (κ1) is 15.9. The number of nitrogens with one attached hydrogen (secondary N) is 1. The van der Waals surface area contributed by atoms with E-state index in [1.54, 1.807) is 16.9 Å². The number of aromatic nitrogens is 3. The van der Waals surface area contributed by atoms with Crippen LogP contribution in [0.5, 0.6) is 0 Å². The Morgan fingerprint density at radius 1 is 1.43 bits per heavy atom. The predicted molar refractivity (Wildman–Crippen MR) is 78.9 cm³/mol. The summed E-state index contributed by atoms with van der Waals surface area (Å²) in [6, 6.07) is 4.55. The minimum Gasteiger partial charge on any atom is -0.396 e. The van der Waals surface area contributed by atoms with E-state index in [-0.39, 0.29) is 23.6 Å². The Bertz CT molecular complexity index is 604. The van der Waals surface area contributed by atoms with Crippen molar-refractivity contribution in [3.05, 3.63) is 40.9 Å². The fraction of sp³-hybridized carbons (Fsp3) is 0.429.